The number of allylic oxidation sites excluding steroid dienone is 1. The molecule has 1 heterocycles. The van der Waals surface area contributed by atoms with Crippen molar-refractivity contribution in [2.45, 2.75) is 31.3 Å². The van der Waals surface area contributed by atoms with Gasteiger partial charge in [0.25, 0.3) is 0 Å². The van der Waals surface area contributed by atoms with E-state index >= 15 is 0 Å². The molecule has 74 valence electrons. The number of hydrogen-bond acceptors (Lipinski definition) is 3. The van der Waals surface area contributed by atoms with Crippen LogP contribution in [0.2, 0.25) is 0 Å². The van der Waals surface area contributed by atoms with Gasteiger partial charge >= 0.3 is 0 Å². The quantitative estimate of drug-likeness (QED) is 0.419. The maximum Gasteiger partial charge on any atom is 0.118 e. The minimum absolute atomic E-state index is 0.236. The molecule has 1 aliphatic carbocycles. The second-order valence-corrected chi connectivity index (χ2v) is 3.65. The molecule has 3 heteroatoms. The second-order valence-electron chi connectivity index (χ2n) is 3.65. The van der Waals surface area contributed by atoms with Crippen LogP contribution in [0.1, 0.15) is 6.92 Å². The van der Waals surface area contributed by atoms with Crippen molar-refractivity contribution in [2.24, 2.45) is 0 Å². The third-order valence-electron chi connectivity index (χ3n) is 2.30. The molecule has 1 saturated heterocycles. The van der Waals surface area contributed by atoms with Gasteiger partial charge in [-0.05, 0) is 18.6 Å². The topological polar surface area (TPSA) is 53.0 Å². The maximum atomic E-state index is 9.67. The van der Waals surface area contributed by atoms with E-state index in [0.29, 0.717) is 5.57 Å². The Morgan fingerprint density at radius 3 is 2.86 bits per heavy atom. The van der Waals surface area contributed by atoms with Crippen LogP contribution in [0.25, 0.3) is 0 Å². The standard InChI is InChI=1S/C11H12O3/c1-6(2)3-4-7-5-8(12)10-11(14-10)9(7)13/h5,8-13H,1H2,2H3/t8-,9-,10+,11-/m1/s1. The summed E-state index contributed by atoms with van der Waals surface area (Å²) in [6.45, 7) is 5.42. The molecule has 0 unspecified atom stereocenters. The van der Waals surface area contributed by atoms with E-state index < -0.39 is 12.2 Å². The summed E-state index contributed by atoms with van der Waals surface area (Å²) in [6, 6.07) is 0. The Morgan fingerprint density at radius 1 is 1.50 bits per heavy atom. The van der Waals surface area contributed by atoms with Gasteiger partial charge in [0.05, 0.1) is 0 Å². The molecular weight excluding hydrogens is 180 g/mol. The molecule has 0 spiro atoms. The SMILES string of the molecule is C=C(C)C#CC1=C[C@@H](O)[C@@H]2O[C@@H]2[C@@H]1O. The van der Waals surface area contributed by atoms with Crippen LogP contribution < -0.4 is 0 Å². The molecule has 1 fully saturated rings. The average Bonchev–Trinajstić information content (AvgIpc) is 2.88. The van der Waals surface area contributed by atoms with Crippen molar-refractivity contribution in [3.8, 4) is 11.8 Å². The molecule has 1 aliphatic heterocycles. The van der Waals surface area contributed by atoms with Gasteiger partial charge in [0.1, 0.15) is 24.4 Å². The zero-order valence-corrected chi connectivity index (χ0v) is 7.90. The highest BCUT2D eigenvalue weighted by Gasteiger charge is 2.52. The highest BCUT2D eigenvalue weighted by Crippen LogP contribution is 2.36. The van der Waals surface area contributed by atoms with E-state index in [9.17, 15) is 10.2 Å². The van der Waals surface area contributed by atoms with Gasteiger partial charge in [-0.1, -0.05) is 18.4 Å². The molecule has 3 nitrogen and oxygen atoms in total. The van der Waals surface area contributed by atoms with Crippen molar-refractivity contribution in [2.75, 3.05) is 0 Å². The van der Waals surface area contributed by atoms with Gasteiger partial charge < -0.3 is 14.9 Å². The summed E-state index contributed by atoms with van der Waals surface area (Å²) in [5.74, 6) is 5.55. The molecule has 2 aliphatic rings. The number of fused-ring (bicyclic) bond motifs is 1. The lowest BCUT2D eigenvalue weighted by molar-refractivity contribution is 0.167. The summed E-state index contributed by atoms with van der Waals surface area (Å²) in [7, 11) is 0. The number of aliphatic hydroxyl groups is 2. The molecule has 0 saturated carbocycles. The van der Waals surface area contributed by atoms with E-state index in [1.807, 2.05) is 0 Å². The van der Waals surface area contributed by atoms with Gasteiger partial charge in [-0.15, -0.1) is 0 Å². The van der Waals surface area contributed by atoms with Crippen molar-refractivity contribution < 1.29 is 14.9 Å². The summed E-state index contributed by atoms with van der Waals surface area (Å²) in [5, 5.41) is 19.1. The predicted octanol–water partition coefficient (Wildman–Crippen LogP) is -0.00490. The lowest BCUT2D eigenvalue weighted by Gasteiger charge is -2.14. The molecule has 2 N–H and O–H groups in total. The summed E-state index contributed by atoms with van der Waals surface area (Å²) in [5.41, 5.74) is 1.26. The number of ether oxygens (including phenoxy) is 1. The van der Waals surface area contributed by atoms with Crippen LogP contribution in [0.3, 0.4) is 0 Å². The van der Waals surface area contributed by atoms with Crippen molar-refractivity contribution in [3.05, 3.63) is 23.8 Å². The number of aliphatic hydroxyl groups excluding tert-OH is 2. The molecule has 0 aromatic heterocycles. The second kappa shape index (κ2) is 3.25. The Morgan fingerprint density at radius 2 is 2.21 bits per heavy atom. The highest BCUT2D eigenvalue weighted by atomic mass is 16.6. The lowest BCUT2D eigenvalue weighted by Crippen LogP contribution is -2.29. The van der Waals surface area contributed by atoms with Gasteiger partial charge in [-0.25, -0.2) is 0 Å². The fraction of sp³-hybridized carbons (Fsp3) is 0.455. The first-order valence-corrected chi connectivity index (χ1v) is 4.50. The molecule has 2 rings (SSSR count). The molecule has 0 bridgehead atoms. The normalized spacial score (nSPS) is 38.9. The monoisotopic (exact) mass is 192 g/mol. The third-order valence-corrected chi connectivity index (χ3v) is 2.30. The van der Waals surface area contributed by atoms with Crippen molar-refractivity contribution in [3.63, 3.8) is 0 Å². The van der Waals surface area contributed by atoms with Crippen LogP contribution in [0.5, 0.6) is 0 Å². The van der Waals surface area contributed by atoms with Gasteiger partial charge in [0, 0.05) is 5.57 Å². The fourth-order valence-corrected chi connectivity index (χ4v) is 1.51. The van der Waals surface area contributed by atoms with Crippen LogP contribution in [-0.4, -0.2) is 34.6 Å². The summed E-state index contributed by atoms with van der Waals surface area (Å²) >= 11 is 0. The van der Waals surface area contributed by atoms with Crippen LogP contribution in [0.4, 0.5) is 0 Å². The summed E-state index contributed by atoms with van der Waals surface area (Å²) < 4.78 is 5.10. The zero-order valence-electron chi connectivity index (χ0n) is 7.90. The molecule has 0 aromatic carbocycles. The number of epoxide rings is 1. The van der Waals surface area contributed by atoms with Gasteiger partial charge in [-0.2, -0.15) is 0 Å². The van der Waals surface area contributed by atoms with E-state index in [-0.39, 0.29) is 12.2 Å². The largest absolute Gasteiger partial charge is 0.386 e. The zero-order chi connectivity index (χ0) is 10.3. The predicted molar refractivity (Wildman–Crippen MR) is 51.3 cm³/mol. The minimum Gasteiger partial charge on any atom is -0.386 e. The Hall–Kier alpha value is -1.08. The molecule has 14 heavy (non-hydrogen) atoms. The summed E-state index contributed by atoms with van der Waals surface area (Å²) in [4.78, 5) is 0. The Bertz CT molecular complexity index is 358. The smallest absolute Gasteiger partial charge is 0.118 e. The van der Waals surface area contributed by atoms with E-state index in [1.54, 1.807) is 13.0 Å². The first-order chi connectivity index (χ1) is 6.59. The van der Waals surface area contributed by atoms with Crippen LogP contribution in [0, 0.1) is 11.8 Å². The van der Waals surface area contributed by atoms with Gasteiger partial charge in [-0.3, -0.25) is 0 Å². The molecule has 4 atom stereocenters. The Labute approximate surface area is 82.7 Å². The molecule has 0 amide bonds. The van der Waals surface area contributed by atoms with E-state index in [0.717, 1.165) is 5.57 Å². The van der Waals surface area contributed by atoms with Crippen LogP contribution >= 0.6 is 0 Å². The van der Waals surface area contributed by atoms with Crippen LogP contribution in [0.15, 0.2) is 23.8 Å². The average molecular weight is 192 g/mol. The molecule has 0 radical (unpaired) electrons. The van der Waals surface area contributed by atoms with Crippen molar-refractivity contribution in [1.29, 1.82) is 0 Å². The fourth-order valence-electron chi connectivity index (χ4n) is 1.51. The van der Waals surface area contributed by atoms with E-state index in [4.69, 9.17) is 4.74 Å². The summed E-state index contributed by atoms with van der Waals surface area (Å²) in [6.07, 6.45) is -0.299. The van der Waals surface area contributed by atoms with E-state index in [2.05, 4.69) is 18.4 Å². The van der Waals surface area contributed by atoms with E-state index in [1.165, 1.54) is 0 Å². The maximum absolute atomic E-state index is 9.67. The first kappa shape index (κ1) is 9.47. The lowest BCUT2D eigenvalue weighted by atomic mass is 9.95. The number of hydrogen-bond donors (Lipinski definition) is 2. The van der Waals surface area contributed by atoms with Crippen molar-refractivity contribution >= 4 is 0 Å². The van der Waals surface area contributed by atoms with Crippen molar-refractivity contribution in [1.82, 2.24) is 0 Å². The first-order valence-electron chi connectivity index (χ1n) is 4.50. The number of rotatable bonds is 0. The van der Waals surface area contributed by atoms with Crippen LogP contribution in [-0.2, 0) is 4.74 Å². The van der Waals surface area contributed by atoms with Gasteiger partial charge in [0.15, 0.2) is 0 Å². The molecule has 0 aromatic rings. The van der Waals surface area contributed by atoms with Gasteiger partial charge in [0.2, 0.25) is 0 Å². The highest BCUT2D eigenvalue weighted by molar-refractivity contribution is 5.42. The molecular formula is C11H12O3. The Kier molecular flexibility index (Phi) is 2.20. The Balaban J connectivity index is 2.19. The third kappa shape index (κ3) is 1.60. The minimum atomic E-state index is -0.699.